The van der Waals surface area contributed by atoms with Gasteiger partial charge in [0.2, 0.25) is 6.41 Å². The van der Waals surface area contributed by atoms with Gasteiger partial charge in [0.05, 0.1) is 7.11 Å². The average Bonchev–Trinajstić information content (AvgIpc) is 2.50. The monoisotopic (exact) mass is 272 g/mol. The number of methoxy groups -OCH3 is 1. The number of benzene rings is 2. The molecule has 0 unspecified atom stereocenters. The highest BCUT2D eigenvalue weighted by atomic mass is 16.7. The highest BCUT2D eigenvalue weighted by Gasteiger charge is 2.12. The third-order valence-electron chi connectivity index (χ3n) is 2.75. The zero-order valence-corrected chi connectivity index (χ0v) is 11.2. The topological polar surface area (TPSA) is 64.8 Å². The lowest BCUT2D eigenvalue weighted by Crippen LogP contribution is -2.22. The van der Waals surface area contributed by atoms with Crippen molar-refractivity contribution in [3.63, 3.8) is 0 Å². The van der Waals surface area contributed by atoms with E-state index in [1.807, 2.05) is 30.3 Å². The first-order chi connectivity index (χ1) is 9.74. The minimum atomic E-state index is 0.285. The van der Waals surface area contributed by atoms with E-state index in [0.29, 0.717) is 23.5 Å². The van der Waals surface area contributed by atoms with Crippen LogP contribution in [0.1, 0.15) is 5.56 Å². The first-order valence-corrected chi connectivity index (χ1v) is 6.09. The van der Waals surface area contributed by atoms with Gasteiger partial charge in [-0.15, -0.1) is 0 Å². The minimum Gasteiger partial charge on any atom is -0.494 e. The number of anilines is 2. The molecule has 2 aromatic carbocycles. The van der Waals surface area contributed by atoms with Crippen molar-refractivity contribution in [2.24, 2.45) is 0 Å². The van der Waals surface area contributed by atoms with E-state index in [1.165, 1.54) is 7.11 Å². The number of carbonyl (C=O) groups is 1. The quantitative estimate of drug-likeness (QED) is 0.498. The van der Waals surface area contributed by atoms with Crippen LogP contribution in [-0.4, -0.2) is 13.5 Å². The Morgan fingerprint density at radius 3 is 2.60 bits per heavy atom. The molecule has 0 saturated heterocycles. The van der Waals surface area contributed by atoms with Crippen molar-refractivity contribution in [3.8, 4) is 5.75 Å². The maximum absolute atomic E-state index is 11.2. The Labute approximate surface area is 117 Å². The Morgan fingerprint density at radius 2 is 1.95 bits per heavy atom. The van der Waals surface area contributed by atoms with Gasteiger partial charge in [0.15, 0.2) is 0 Å². The molecule has 5 nitrogen and oxygen atoms in total. The molecule has 0 bridgehead atoms. The van der Waals surface area contributed by atoms with Crippen LogP contribution in [0, 0.1) is 0 Å². The molecule has 0 atom stereocenters. The summed E-state index contributed by atoms with van der Waals surface area (Å²) >= 11 is 0. The Morgan fingerprint density at radius 1 is 1.20 bits per heavy atom. The third-order valence-corrected chi connectivity index (χ3v) is 2.75. The van der Waals surface area contributed by atoms with Crippen molar-refractivity contribution in [1.29, 1.82) is 0 Å². The number of nitrogens with zero attached hydrogens (tertiary/aromatic N) is 1. The van der Waals surface area contributed by atoms with Crippen LogP contribution in [0.5, 0.6) is 5.75 Å². The summed E-state index contributed by atoms with van der Waals surface area (Å²) in [5.41, 5.74) is 7.71. The van der Waals surface area contributed by atoms with Crippen molar-refractivity contribution in [3.05, 3.63) is 54.1 Å². The van der Waals surface area contributed by atoms with Crippen LogP contribution in [0.25, 0.3) is 0 Å². The number of ether oxygens (including phenoxy) is 1. The molecule has 5 heteroatoms. The third kappa shape index (κ3) is 3.27. The number of hydroxylamine groups is 1. The molecule has 0 saturated carbocycles. The molecular formula is C15H16N2O3. The van der Waals surface area contributed by atoms with Crippen LogP contribution in [0.15, 0.2) is 48.5 Å². The molecule has 2 N–H and O–H groups in total. The predicted octanol–water partition coefficient (Wildman–Crippen LogP) is 2.37. The minimum absolute atomic E-state index is 0.285. The molecule has 20 heavy (non-hydrogen) atoms. The summed E-state index contributed by atoms with van der Waals surface area (Å²) in [6.45, 7) is 0.285. The summed E-state index contributed by atoms with van der Waals surface area (Å²) < 4.78 is 5.20. The molecule has 0 heterocycles. The number of hydrogen-bond acceptors (Lipinski definition) is 4. The van der Waals surface area contributed by atoms with Gasteiger partial charge in [-0.25, -0.2) is 0 Å². The van der Waals surface area contributed by atoms with Crippen molar-refractivity contribution in [1.82, 2.24) is 0 Å². The van der Waals surface area contributed by atoms with Crippen LogP contribution in [0.2, 0.25) is 0 Å². The van der Waals surface area contributed by atoms with Gasteiger partial charge in [-0.3, -0.25) is 9.63 Å². The van der Waals surface area contributed by atoms with Gasteiger partial charge in [0.25, 0.3) is 0 Å². The smallest absolute Gasteiger partial charge is 0.238 e. The van der Waals surface area contributed by atoms with E-state index >= 15 is 0 Å². The molecule has 104 valence electrons. The molecule has 0 spiro atoms. The molecule has 0 fully saturated rings. The Bertz CT molecular complexity index is 573. The van der Waals surface area contributed by atoms with Crippen molar-refractivity contribution in [2.75, 3.05) is 17.9 Å². The Balaban J connectivity index is 2.14. The van der Waals surface area contributed by atoms with E-state index < -0.39 is 0 Å². The number of nitrogen functional groups attached to an aromatic ring is 1. The van der Waals surface area contributed by atoms with Crippen LogP contribution in [-0.2, 0) is 16.2 Å². The van der Waals surface area contributed by atoms with E-state index in [9.17, 15) is 4.79 Å². The lowest BCUT2D eigenvalue weighted by Gasteiger charge is -2.19. The summed E-state index contributed by atoms with van der Waals surface area (Å²) in [6.07, 6.45) is 0.594. The number of nitrogens with two attached hydrogens (primary N) is 1. The van der Waals surface area contributed by atoms with Gasteiger partial charge in [0.1, 0.15) is 18.0 Å². The second-order valence-electron chi connectivity index (χ2n) is 4.12. The molecular weight excluding hydrogens is 256 g/mol. The Kier molecular flexibility index (Phi) is 4.57. The molecule has 1 amide bonds. The van der Waals surface area contributed by atoms with Gasteiger partial charge in [-0.2, -0.15) is 5.06 Å². The van der Waals surface area contributed by atoms with Gasteiger partial charge >= 0.3 is 0 Å². The van der Waals surface area contributed by atoms with Crippen LogP contribution >= 0.6 is 0 Å². The zero-order valence-electron chi connectivity index (χ0n) is 11.2. The highest BCUT2D eigenvalue weighted by molar-refractivity contribution is 5.77. The first kappa shape index (κ1) is 13.9. The van der Waals surface area contributed by atoms with E-state index in [1.54, 1.807) is 18.2 Å². The highest BCUT2D eigenvalue weighted by Crippen LogP contribution is 2.30. The number of hydrogen-bond donors (Lipinski definition) is 1. The zero-order chi connectivity index (χ0) is 14.4. The van der Waals surface area contributed by atoms with E-state index in [-0.39, 0.29) is 6.61 Å². The fraction of sp³-hybridized carbons (Fsp3) is 0.133. The van der Waals surface area contributed by atoms with Gasteiger partial charge in [-0.05, 0) is 17.7 Å². The first-order valence-electron chi connectivity index (χ1n) is 6.09. The van der Waals surface area contributed by atoms with Crippen molar-refractivity contribution >= 4 is 17.8 Å². The standard InChI is InChI=1S/C15H16N2O3/c1-19-15-9-13(16)7-8-14(15)17(11-18)20-10-12-5-3-2-4-6-12/h2-9,11H,10,16H2,1H3. The SMILES string of the molecule is COc1cc(N)ccc1N(C=O)OCc1ccccc1. The summed E-state index contributed by atoms with van der Waals surface area (Å²) in [5.74, 6) is 0.477. The number of rotatable bonds is 6. The molecule has 0 radical (unpaired) electrons. The largest absolute Gasteiger partial charge is 0.494 e. The average molecular weight is 272 g/mol. The van der Waals surface area contributed by atoms with Gasteiger partial charge < -0.3 is 10.5 Å². The van der Waals surface area contributed by atoms with Crippen LogP contribution in [0.4, 0.5) is 11.4 Å². The molecule has 0 aliphatic rings. The van der Waals surface area contributed by atoms with Crippen molar-refractivity contribution in [2.45, 2.75) is 6.61 Å². The second kappa shape index (κ2) is 6.58. The van der Waals surface area contributed by atoms with Crippen molar-refractivity contribution < 1.29 is 14.4 Å². The Hall–Kier alpha value is -2.53. The van der Waals surface area contributed by atoms with Gasteiger partial charge in [-0.1, -0.05) is 30.3 Å². The number of carbonyl (C=O) groups excluding carboxylic acids is 1. The van der Waals surface area contributed by atoms with E-state index in [2.05, 4.69) is 0 Å². The fourth-order valence-electron chi connectivity index (χ4n) is 1.75. The second-order valence-corrected chi connectivity index (χ2v) is 4.12. The summed E-state index contributed by atoms with van der Waals surface area (Å²) in [5, 5.41) is 1.13. The van der Waals surface area contributed by atoms with Crippen LogP contribution < -0.4 is 15.5 Å². The summed E-state index contributed by atoms with van der Waals surface area (Å²) in [6, 6.07) is 14.6. The van der Waals surface area contributed by atoms with E-state index in [0.717, 1.165) is 10.6 Å². The lowest BCUT2D eigenvalue weighted by atomic mass is 10.2. The molecule has 0 aromatic heterocycles. The lowest BCUT2D eigenvalue weighted by molar-refractivity contribution is -0.114. The maximum atomic E-state index is 11.2. The normalized spacial score (nSPS) is 10.1. The maximum Gasteiger partial charge on any atom is 0.238 e. The summed E-state index contributed by atoms with van der Waals surface area (Å²) in [4.78, 5) is 16.7. The predicted molar refractivity (Wildman–Crippen MR) is 77.2 cm³/mol. The fourth-order valence-corrected chi connectivity index (χ4v) is 1.75. The molecule has 0 aliphatic carbocycles. The summed E-state index contributed by atoms with van der Waals surface area (Å²) in [7, 11) is 1.51. The molecule has 2 aromatic rings. The van der Waals surface area contributed by atoms with Gasteiger partial charge in [0, 0.05) is 11.8 Å². The number of amides is 1. The molecule has 2 rings (SSSR count). The van der Waals surface area contributed by atoms with E-state index in [4.69, 9.17) is 15.3 Å². The molecule has 0 aliphatic heterocycles. The van der Waals surface area contributed by atoms with Crippen LogP contribution in [0.3, 0.4) is 0 Å².